The minimum absolute atomic E-state index is 0.0831. The first-order valence-electron chi connectivity index (χ1n) is 13.9. The Morgan fingerprint density at radius 3 is 2.57 bits per heavy atom. The molecule has 6 rings (SSSR count). The van der Waals surface area contributed by atoms with Crippen LogP contribution in [0.5, 0.6) is 11.5 Å². The van der Waals surface area contributed by atoms with Gasteiger partial charge in [-0.05, 0) is 50.1 Å². The Labute approximate surface area is 262 Å². The molecule has 0 bridgehead atoms. The fraction of sp³-hybridized carbons (Fsp3) is 0.333. The van der Waals surface area contributed by atoms with Crippen molar-refractivity contribution in [2.45, 2.75) is 43.0 Å². The molecule has 0 radical (unpaired) electrons. The van der Waals surface area contributed by atoms with E-state index in [-0.39, 0.29) is 28.7 Å². The maximum atomic E-state index is 15.1. The van der Waals surface area contributed by atoms with Crippen LogP contribution in [0.25, 0.3) is 22.2 Å². The molecule has 2 aromatic heterocycles. The van der Waals surface area contributed by atoms with Crippen LogP contribution in [-0.4, -0.2) is 58.1 Å². The fourth-order valence-corrected chi connectivity index (χ4v) is 5.42. The van der Waals surface area contributed by atoms with Crippen molar-refractivity contribution in [3.05, 3.63) is 70.0 Å². The number of nitrogens with two attached hydrogens (primary N) is 1. The lowest BCUT2D eigenvalue weighted by Gasteiger charge is -2.31. The number of methoxy groups -OCH3 is 1. The number of aromatic nitrogens is 3. The highest BCUT2D eigenvalue weighted by molar-refractivity contribution is 6.30. The summed E-state index contributed by atoms with van der Waals surface area (Å²) in [7, 11) is 1.35. The largest absolute Gasteiger partial charge is 0.494 e. The number of hydrogen-bond acceptors (Lipinski definition) is 7. The number of hydrogen-bond donors (Lipinski definition) is 3. The number of fused-ring (bicyclic) bond motifs is 2. The first kappa shape index (κ1) is 31.5. The molecule has 10 nitrogen and oxygen atoms in total. The highest BCUT2D eigenvalue weighted by Gasteiger charge is 2.58. The van der Waals surface area contributed by atoms with Gasteiger partial charge in [-0.15, -0.1) is 0 Å². The van der Waals surface area contributed by atoms with Crippen LogP contribution in [0.4, 0.5) is 22.0 Å². The monoisotopic (exact) mass is 665 g/mol. The number of aliphatic hydroxyl groups is 1. The number of rotatable bonds is 8. The predicted octanol–water partition coefficient (Wildman–Crippen LogP) is 4.69. The number of alkyl halides is 3. The zero-order valence-corrected chi connectivity index (χ0v) is 24.9. The molecule has 4 aromatic rings. The average molecular weight is 666 g/mol. The maximum Gasteiger partial charge on any atom is 0.424 e. The van der Waals surface area contributed by atoms with Crippen LogP contribution in [0.3, 0.4) is 0 Å². The van der Waals surface area contributed by atoms with Gasteiger partial charge in [0.25, 0.3) is 5.91 Å². The van der Waals surface area contributed by atoms with Gasteiger partial charge in [0.15, 0.2) is 11.6 Å². The SMILES string of the molecule is COc1cc(C(=O)NC[C@](O)(c2cc3c(c(-c4ccc(Cl)c(F)c4F)n2)OC[C@]3(C)C(N)=O)C(F)(F)F)cc2cn(C3CC3)nc12. The van der Waals surface area contributed by atoms with E-state index in [9.17, 15) is 32.3 Å². The maximum absolute atomic E-state index is 15.1. The standard InChI is InChI=1S/C30H25ClF5N5O5/c1-28(27(37)43)12-46-25-17(28)9-20(39-24(25)16-5-6-18(31)22(33)21(16)32)29(44,30(34,35)36)11-38-26(42)13-7-14-10-41(15-3-4-15)40-23(14)19(8-13)45-2/h5-10,15,44H,3-4,11-12H2,1-2H3,(H2,37,43)(H,38,42)/t28-,29-/m0/s1. The van der Waals surface area contributed by atoms with Crippen molar-refractivity contribution in [1.29, 1.82) is 0 Å². The summed E-state index contributed by atoms with van der Waals surface area (Å²) >= 11 is 5.66. The third-order valence-corrected chi connectivity index (χ3v) is 8.59. The van der Waals surface area contributed by atoms with E-state index in [1.54, 1.807) is 10.9 Å². The van der Waals surface area contributed by atoms with Crippen LogP contribution < -0.4 is 20.5 Å². The Balaban J connectivity index is 1.43. The van der Waals surface area contributed by atoms with Gasteiger partial charge in [-0.2, -0.15) is 18.3 Å². The van der Waals surface area contributed by atoms with E-state index in [1.165, 1.54) is 26.2 Å². The number of amides is 2. The van der Waals surface area contributed by atoms with Crippen molar-refractivity contribution in [3.8, 4) is 22.8 Å². The third kappa shape index (κ3) is 4.97. The Kier molecular flexibility index (Phi) is 7.39. The van der Waals surface area contributed by atoms with Crippen molar-refractivity contribution in [1.82, 2.24) is 20.1 Å². The molecule has 1 fully saturated rings. The minimum Gasteiger partial charge on any atom is -0.494 e. The average Bonchev–Trinajstić information content (AvgIpc) is 3.68. The normalized spacial score (nSPS) is 19.0. The molecular weight excluding hydrogens is 641 g/mol. The van der Waals surface area contributed by atoms with Crippen LogP contribution in [0.15, 0.2) is 36.5 Å². The molecule has 46 heavy (non-hydrogen) atoms. The van der Waals surface area contributed by atoms with Crippen LogP contribution in [0.2, 0.25) is 5.02 Å². The second-order valence-electron chi connectivity index (χ2n) is 11.4. The van der Waals surface area contributed by atoms with Crippen LogP contribution in [0.1, 0.15) is 47.4 Å². The molecule has 4 N–H and O–H groups in total. The number of ether oxygens (including phenoxy) is 2. The van der Waals surface area contributed by atoms with E-state index in [1.807, 2.05) is 0 Å². The summed E-state index contributed by atoms with van der Waals surface area (Å²) in [5.41, 5.74) is -2.42. The van der Waals surface area contributed by atoms with Crippen molar-refractivity contribution >= 4 is 34.3 Å². The zero-order valence-electron chi connectivity index (χ0n) is 24.1. The lowest BCUT2D eigenvalue weighted by molar-refractivity contribution is -0.265. The molecule has 3 heterocycles. The number of nitrogens with zero attached hydrogens (tertiary/aromatic N) is 3. The first-order valence-corrected chi connectivity index (χ1v) is 14.2. The summed E-state index contributed by atoms with van der Waals surface area (Å²) in [5, 5.41) is 17.7. The first-order chi connectivity index (χ1) is 21.6. The quantitative estimate of drug-likeness (QED) is 0.183. The van der Waals surface area contributed by atoms with Crippen LogP contribution in [0, 0.1) is 11.6 Å². The third-order valence-electron chi connectivity index (χ3n) is 8.30. The molecule has 2 aromatic carbocycles. The number of pyridine rings is 1. The number of halogens is 6. The molecule has 0 unspecified atom stereocenters. The molecule has 16 heteroatoms. The van der Waals surface area contributed by atoms with Crippen molar-refractivity contribution < 1.29 is 46.1 Å². The van der Waals surface area contributed by atoms with E-state index < -0.39 is 75.8 Å². The molecule has 2 atom stereocenters. The lowest BCUT2D eigenvalue weighted by Crippen LogP contribution is -2.51. The summed E-state index contributed by atoms with van der Waals surface area (Å²) in [6.45, 7) is -0.652. The molecule has 0 spiro atoms. The number of carbonyl (C=O) groups is 2. The molecule has 0 saturated heterocycles. The van der Waals surface area contributed by atoms with E-state index in [4.69, 9.17) is 26.8 Å². The topological polar surface area (TPSA) is 142 Å². The van der Waals surface area contributed by atoms with Gasteiger partial charge in [0.2, 0.25) is 11.5 Å². The van der Waals surface area contributed by atoms with Crippen molar-refractivity contribution in [2.75, 3.05) is 20.3 Å². The van der Waals surface area contributed by atoms with Crippen LogP contribution >= 0.6 is 11.6 Å². The van der Waals surface area contributed by atoms with Gasteiger partial charge >= 0.3 is 6.18 Å². The predicted molar refractivity (Wildman–Crippen MR) is 153 cm³/mol. The fourth-order valence-electron chi connectivity index (χ4n) is 5.27. The van der Waals surface area contributed by atoms with E-state index in [2.05, 4.69) is 15.4 Å². The van der Waals surface area contributed by atoms with Gasteiger partial charge < -0.3 is 25.6 Å². The number of carbonyl (C=O) groups excluding carboxylic acids is 2. The van der Waals surface area contributed by atoms with Gasteiger partial charge in [-0.3, -0.25) is 14.3 Å². The van der Waals surface area contributed by atoms with Gasteiger partial charge in [-0.1, -0.05) is 11.6 Å². The van der Waals surface area contributed by atoms with E-state index >= 15 is 4.39 Å². The molecule has 2 amide bonds. The lowest BCUT2D eigenvalue weighted by atomic mass is 9.81. The summed E-state index contributed by atoms with van der Waals surface area (Å²) in [4.78, 5) is 29.5. The second-order valence-corrected chi connectivity index (χ2v) is 11.8. The van der Waals surface area contributed by atoms with Crippen molar-refractivity contribution in [3.63, 3.8) is 0 Å². The molecule has 1 aliphatic carbocycles. The molecule has 1 saturated carbocycles. The molecule has 2 aliphatic rings. The Morgan fingerprint density at radius 2 is 1.93 bits per heavy atom. The Hall–Kier alpha value is -4.50. The molecular formula is C30H25ClF5N5O5. The number of nitrogens with one attached hydrogen (secondary N) is 1. The molecule has 242 valence electrons. The molecule has 1 aliphatic heterocycles. The second kappa shape index (κ2) is 10.8. The summed E-state index contributed by atoms with van der Waals surface area (Å²) in [6.07, 6.45) is -1.92. The summed E-state index contributed by atoms with van der Waals surface area (Å²) < 4.78 is 86.4. The number of primary amides is 1. The Bertz CT molecular complexity index is 1930. The number of benzene rings is 2. The van der Waals surface area contributed by atoms with E-state index in [0.29, 0.717) is 10.9 Å². The highest BCUT2D eigenvalue weighted by atomic mass is 35.5. The smallest absolute Gasteiger partial charge is 0.424 e. The van der Waals surface area contributed by atoms with Gasteiger partial charge in [0.05, 0.1) is 30.4 Å². The highest BCUT2D eigenvalue weighted by Crippen LogP contribution is 2.48. The minimum atomic E-state index is -5.49. The van der Waals surface area contributed by atoms with Crippen molar-refractivity contribution in [2.24, 2.45) is 5.73 Å². The van der Waals surface area contributed by atoms with E-state index in [0.717, 1.165) is 31.0 Å². The zero-order chi connectivity index (χ0) is 33.3. The van der Waals surface area contributed by atoms with Gasteiger partial charge in [0, 0.05) is 28.3 Å². The summed E-state index contributed by atoms with van der Waals surface area (Å²) in [6, 6.07) is 5.59. The van der Waals surface area contributed by atoms with Gasteiger partial charge in [-0.25, -0.2) is 13.8 Å². The Morgan fingerprint density at radius 1 is 1.22 bits per heavy atom. The van der Waals surface area contributed by atoms with Gasteiger partial charge in [0.1, 0.15) is 34.7 Å². The van der Waals surface area contributed by atoms with Crippen LogP contribution in [-0.2, 0) is 15.8 Å². The summed E-state index contributed by atoms with van der Waals surface area (Å²) in [5.74, 6) is -5.21.